The number of hydrazine groups is 1. The lowest BCUT2D eigenvalue weighted by atomic mass is 9.88. The van der Waals surface area contributed by atoms with Crippen LogP contribution in [-0.4, -0.2) is 25.9 Å². The molecular formula is C22H20Cl2N4O2S. The van der Waals surface area contributed by atoms with Gasteiger partial charge >= 0.3 is 0 Å². The molecule has 4 N–H and O–H groups in total. The minimum absolute atomic E-state index is 0.0637. The number of nitrogens with one attached hydrogen (secondary N) is 2. The van der Waals surface area contributed by atoms with E-state index in [4.69, 9.17) is 34.3 Å². The van der Waals surface area contributed by atoms with E-state index in [-0.39, 0.29) is 17.4 Å². The predicted octanol–water partition coefficient (Wildman–Crippen LogP) is 4.12. The third-order valence-electron chi connectivity index (χ3n) is 5.45. The average molecular weight is 475 g/mol. The van der Waals surface area contributed by atoms with Gasteiger partial charge in [0.25, 0.3) is 0 Å². The summed E-state index contributed by atoms with van der Waals surface area (Å²) in [5.41, 5.74) is 10.1. The van der Waals surface area contributed by atoms with E-state index >= 15 is 0 Å². The highest BCUT2D eigenvalue weighted by Gasteiger charge is 2.58. The van der Waals surface area contributed by atoms with Gasteiger partial charge in [0.2, 0.25) is 15.8 Å². The molecule has 1 fully saturated rings. The fourth-order valence-electron chi connectivity index (χ4n) is 4.01. The maximum absolute atomic E-state index is 14.3. The summed E-state index contributed by atoms with van der Waals surface area (Å²) in [7, 11) is -4.09. The predicted molar refractivity (Wildman–Crippen MR) is 123 cm³/mol. The topological polar surface area (TPSA) is 99.3 Å². The fraction of sp³-hybridized carbons (Fsp3) is 0.136. The van der Waals surface area contributed by atoms with E-state index in [1.807, 2.05) is 30.3 Å². The van der Waals surface area contributed by atoms with Gasteiger partial charge in [-0.3, -0.25) is 10.4 Å². The fourth-order valence-corrected chi connectivity index (χ4v) is 6.56. The van der Waals surface area contributed by atoms with Gasteiger partial charge in [-0.15, -0.1) is 0 Å². The summed E-state index contributed by atoms with van der Waals surface area (Å²) in [4.78, 5) is -1.58. The van der Waals surface area contributed by atoms with E-state index in [9.17, 15) is 8.42 Å². The van der Waals surface area contributed by atoms with Crippen LogP contribution < -0.4 is 11.2 Å². The van der Waals surface area contributed by atoms with E-state index in [1.54, 1.807) is 36.4 Å². The lowest BCUT2D eigenvalue weighted by Gasteiger charge is -2.35. The van der Waals surface area contributed by atoms with Crippen molar-refractivity contribution in [1.29, 1.82) is 5.41 Å². The molecule has 4 rings (SSSR count). The number of nitrogens with two attached hydrogens (primary N) is 1. The van der Waals surface area contributed by atoms with Gasteiger partial charge in [0.1, 0.15) is 0 Å². The zero-order valence-electron chi connectivity index (χ0n) is 16.3. The van der Waals surface area contributed by atoms with Gasteiger partial charge < -0.3 is 5.73 Å². The maximum Gasteiger partial charge on any atom is 0.203 e. The van der Waals surface area contributed by atoms with Crippen LogP contribution in [-0.2, 0) is 14.7 Å². The van der Waals surface area contributed by atoms with Crippen LogP contribution in [0.25, 0.3) is 0 Å². The molecule has 2 unspecified atom stereocenters. The quantitative estimate of drug-likeness (QED) is 0.390. The van der Waals surface area contributed by atoms with Crippen LogP contribution in [0.5, 0.6) is 0 Å². The molecule has 0 spiro atoms. The highest BCUT2D eigenvalue weighted by molar-refractivity contribution is 7.92. The number of nitrogens with zero attached hydrogens (tertiary/aromatic N) is 1. The van der Waals surface area contributed by atoms with E-state index in [1.165, 1.54) is 17.1 Å². The summed E-state index contributed by atoms with van der Waals surface area (Å²) in [5.74, 6) is -0.860. The van der Waals surface area contributed by atoms with Crippen molar-refractivity contribution in [3.63, 3.8) is 0 Å². The summed E-state index contributed by atoms with van der Waals surface area (Å²) in [6.45, 7) is 0.182. The zero-order valence-corrected chi connectivity index (χ0v) is 18.6. The first-order valence-electron chi connectivity index (χ1n) is 9.46. The van der Waals surface area contributed by atoms with Gasteiger partial charge in [0.15, 0.2) is 4.87 Å². The van der Waals surface area contributed by atoms with Crippen molar-refractivity contribution in [2.45, 2.75) is 15.7 Å². The third kappa shape index (κ3) is 3.68. The molecular weight excluding hydrogens is 455 g/mol. The Kier molecular flexibility index (Phi) is 5.70. The van der Waals surface area contributed by atoms with Crippen molar-refractivity contribution in [1.82, 2.24) is 10.4 Å². The molecule has 0 aromatic heterocycles. The molecule has 0 saturated carbocycles. The molecule has 0 amide bonds. The molecule has 2 atom stereocenters. The van der Waals surface area contributed by atoms with Crippen LogP contribution in [0.4, 0.5) is 0 Å². The molecule has 1 heterocycles. The second-order valence-corrected chi connectivity index (χ2v) is 10.3. The number of rotatable bonds is 4. The number of hydrogen-bond acceptors (Lipinski definition) is 4. The lowest BCUT2D eigenvalue weighted by molar-refractivity contribution is 0.335. The molecule has 1 aliphatic heterocycles. The largest absolute Gasteiger partial charge is 0.369 e. The van der Waals surface area contributed by atoms with Crippen LogP contribution in [0.1, 0.15) is 17.0 Å². The van der Waals surface area contributed by atoms with E-state index in [0.717, 1.165) is 5.56 Å². The van der Waals surface area contributed by atoms with Crippen molar-refractivity contribution >= 4 is 39.0 Å². The number of benzene rings is 3. The standard InChI is InChI=1S/C22H20Cl2N4O2S/c23-17-11-9-16(10-12-17)22(31(29,30)19-8-4-7-18(24)13-19)20(14-28(27-22)21(25)26)15-5-2-1-3-6-15/h1-13,20,27H,14H2,(H3,25,26). The summed E-state index contributed by atoms with van der Waals surface area (Å²) in [5, 5.41) is 10.1. The van der Waals surface area contributed by atoms with Crippen LogP contribution >= 0.6 is 23.2 Å². The molecule has 3 aromatic carbocycles. The summed E-state index contributed by atoms with van der Waals surface area (Å²) < 4.78 is 28.5. The second kappa shape index (κ2) is 8.16. The molecule has 0 aliphatic carbocycles. The van der Waals surface area contributed by atoms with Gasteiger partial charge in [0.05, 0.1) is 4.90 Å². The molecule has 31 heavy (non-hydrogen) atoms. The zero-order chi connectivity index (χ0) is 22.2. The maximum atomic E-state index is 14.3. The van der Waals surface area contributed by atoms with E-state index < -0.39 is 20.6 Å². The van der Waals surface area contributed by atoms with Crippen LogP contribution in [0.15, 0.2) is 83.8 Å². The Labute approximate surface area is 191 Å². The number of sulfone groups is 1. The van der Waals surface area contributed by atoms with E-state index in [0.29, 0.717) is 15.6 Å². The van der Waals surface area contributed by atoms with Crippen LogP contribution in [0.3, 0.4) is 0 Å². The summed E-state index contributed by atoms with van der Waals surface area (Å²) in [6, 6.07) is 22.1. The number of guanidine groups is 1. The van der Waals surface area contributed by atoms with Crippen LogP contribution in [0, 0.1) is 5.41 Å². The summed E-state index contributed by atoms with van der Waals surface area (Å²) >= 11 is 12.2. The van der Waals surface area contributed by atoms with Gasteiger partial charge in [-0.25, -0.2) is 13.8 Å². The van der Waals surface area contributed by atoms with Crippen molar-refractivity contribution in [3.8, 4) is 0 Å². The summed E-state index contributed by atoms with van der Waals surface area (Å²) in [6.07, 6.45) is 0. The first kappa shape index (κ1) is 21.6. The van der Waals surface area contributed by atoms with Crippen LogP contribution in [0.2, 0.25) is 10.0 Å². The molecule has 6 nitrogen and oxygen atoms in total. The Hall–Kier alpha value is -2.58. The molecule has 1 saturated heterocycles. The Morgan fingerprint density at radius 3 is 2.29 bits per heavy atom. The molecule has 0 radical (unpaired) electrons. The first-order chi connectivity index (χ1) is 14.8. The van der Waals surface area contributed by atoms with Gasteiger partial charge in [0, 0.05) is 22.5 Å². The molecule has 1 aliphatic rings. The Morgan fingerprint density at radius 2 is 1.68 bits per heavy atom. The Morgan fingerprint density at radius 1 is 1.00 bits per heavy atom. The number of halogens is 2. The molecule has 3 aromatic rings. The highest BCUT2D eigenvalue weighted by atomic mass is 35.5. The Bertz CT molecular complexity index is 1220. The van der Waals surface area contributed by atoms with Crippen molar-refractivity contribution in [2.24, 2.45) is 5.73 Å². The first-order valence-corrected chi connectivity index (χ1v) is 11.7. The van der Waals surface area contributed by atoms with E-state index in [2.05, 4.69) is 5.43 Å². The monoisotopic (exact) mass is 474 g/mol. The molecule has 160 valence electrons. The molecule has 0 bridgehead atoms. The second-order valence-electron chi connectivity index (χ2n) is 7.27. The average Bonchev–Trinajstić information content (AvgIpc) is 3.18. The van der Waals surface area contributed by atoms with Crippen molar-refractivity contribution in [3.05, 3.63) is 100 Å². The Balaban J connectivity index is 2.03. The van der Waals surface area contributed by atoms with Gasteiger partial charge in [-0.2, -0.15) is 0 Å². The minimum atomic E-state index is -4.09. The van der Waals surface area contributed by atoms with Gasteiger partial charge in [-0.05, 0) is 41.5 Å². The third-order valence-corrected chi connectivity index (χ3v) is 8.27. The van der Waals surface area contributed by atoms with Crippen molar-refractivity contribution in [2.75, 3.05) is 6.54 Å². The normalized spacial score (nSPS) is 21.2. The molecule has 9 heteroatoms. The number of hydrogen-bond donors (Lipinski definition) is 3. The van der Waals surface area contributed by atoms with Gasteiger partial charge in [-0.1, -0.05) is 71.7 Å². The minimum Gasteiger partial charge on any atom is -0.369 e. The lowest BCUT2D eigenvalue weighted by Crippen LogP contribution is -2.53. The highest BCUT2D eigenvalue weighted by Crippen LogP contribution is 2.48. The van der Waals surface area contributed by atoms with Crippen molar-refractivity contribution < 1.29 is 8.42 Å². The SMILES string of the molecule is N=C(N)N1CC(c2ccccc2)C(c2ccc(Cl)cc2)(S(=O)(=O)c2cccc(Cl)c2)N1. The smallest absolute Gasteiger partial charge is 0.203 e.